The molecule has 0 aliphatic carbocycles. The minimum atomic E-state index is -0.362. The van der Waals surface area contributed by atoms with Gasteiger partial charge in [0, 0.05) is 24.1 Å². The van der Waals surface area contributed by atoms with Crippen molar-refractivity contribution >= 4 is 23.1 Å². The van der Waals surface area contributed by atoms with Gasteiger partial charge >= 0.3 is 0 Å². The smallest absolute Gasteiger partial charge is 0.222 e. The number of pyridine rings is 1. The van der Waals surface area contributed by atoms with E-state index in [9.17, 15) is 9.18 Å². The molecule has 6 heteroatoms. The summed E-state index contributed by atoms with van der Waals surface area (Å²) < 4.78 is 13.3. The molecule has 0 aliphatic rings. The van der Waals surface area contributed by atoms with Crippen LogP contribution in [0.4, 0.5) is 10.2 Å². The molecule has 0 radical (unpaired) electrons. The Morgan fingerprint density at radius 1 is 1.53 bits per heavy atom. The summed E-state index contributed by atoms with van der Waals surface area (Å²) in [7, 11) is 0. The molecule has 0 fully saturated rings. The van der Waals surface area contributed by atoms with Gasteiger partial charge in [-0.15, -0.1) is 11.3 Å². The molecule has 17 heavy (non-hydrogen) atoms. The lowest BCUT2D eigenvalue weighted by Crippen LogP contribution is -2.05. The predicted molar refractivity (Wildman–Crippen MR) is 64.3 cm³/mol. The highest BCUT2D eigenvalue weighted by Crippen LogP contribution is 2.26. The molecule has 2 aromatic heterocycles. The summed E-state index contributed by atoms with van der Waals surface area (Å²) in [6.45, 7) is 3.01. The lowest BCUT2D eigenvalue weighted by Gasteiger charge is -1.98. The molecule has 1 N–H and O–H groups in total. The quantitative estimate of drug-likeness (QED) is 0.892. The molecule has 0 unspecified atom stereocenters. The molecule has 2 heterocycles. The topological polar surface area (TPSA) is 54.9 Å². The maximum atomic E-state index is 13.3. The maximum Gasteiger partial charge on any atom is 0.222 e. The third-order valence-electron chi connectivity index (χ3n) is 2.08. The summed E-state index contributed by atoms with van der Waals surface area (Å²) in [4.78, 5) is 18.9. The third-order valence-corrected chi connectivity index (χ3v) is 2.97. The Kier molecular flexibility index (Phi) is 3.14. The summed E-state index contributed by atoms with van der Waals surface area (Å²) in [6, 6.07) is 1.39. The highest BCUT2D eigenvalue weighted by atomic mass is 32.1. The monoisotopic (exact) mass is 251 g/mol. The van der Waals surface area contributed by atoms with Gasteiger partial charge in [0.05, 0.1) is 5.69 Å². The van der Waals surface area contributed by atoms with Crippen molar-refractivity contribution in [2.45, 2.75) is 13.8 Å². The van der Waals surface area contributed by atoms with Crippen LogP contribution < -0.4 is 5.32 Å². The average Bonchev–Trinajstić information content (AvgIpc) is 2.69. The van der Waals surface area contributed by atoms with Crippen molar-refractivity contribution in [3.63, 3.8) is 0 Å². The van der Waals surface area contributed by atoms with Gasteiger partial charge in [0.2, 0.25) is 5.91 Å². The number of carbonyl (C=O) groups excluding carboxylic acids is 1. The molecule has 4 nitrogen and oxygen atoms in total. The van der Waals surface area contributed by atoms with Crippen LogP contribution in [0, 0.1) is 12.7 Å². The fourth-order valence-electron chi connectivity index (χ4n) is 1.27. The number of rotatable bonds is 2. The largest absolute Gasteiger partial charge is 0.310 e. The molecule has 0 saturated heterocycles. The highest BCUT2D eigenvalue weighted by molar-refractivity contribution is 7.13. The van der Waals surface area contributed by atoms with Gasteiger partial charge in [-0.1, -0.05) is 0 Å². The predicted octanol–water partition coefficient (Wildman–Crippen LogP) is 2.61. The number of nitrogens with zero attached hydrogens (tertiary/aromatic N) is 2. The lowest BCUT2D eigenvalue weighted by atomic mass is 10.2. The zero-order valence-corrected chi connectivity index (χ0v) is 10.1. The van der Waals surface area contributed by atoms with Crippen LogP contribution in [0.3, 0.4) is 0 Å². The Morgan fingerprint density at radius 2 is 2.29 bits per heavy atom. The van der Waals surface area contributed by atoms with Crippen molar-refractivity contribution in [3.05, 3.63) is 29.2 Å². The number of hydrogen-bond acceptors (Lipinski definition) is 4. The van der Waals surface area contributed by atoms with E-state index < -0.39 is 0 Å². The van der Waals surface area contributed by atoms with Gasteiger partial charge < -0.3 is 5.32 Å². The van der Waals surface area contributed by atoms with Gasteiger partial charge in [-0.05, 0) is 13.0 Å². The lowest BCUT2D eigenvalue weighted by molar-refractivity contribution is -0.114. The van der Waals surface area contributed by atoms with E-state index in [0.717, 1.165) is 0 Å². The summed E-state index contributed by atoms with van der Waals surface area (Å²) >= 11 is 1.33. The molecular weight excluding hydrogens is 241 g/mol. The summed E-state index contributed by atoms with van der Waals surface area (Å²) in [5, 5.41) is 4.90. The first-order valence-corrected chi connectivity index (χ1v) is 5.80. The van der Waals surface area contributed by atoms with Gasteiger partial charge in [-0.25, -0.2) is 9.37 Å². The number of halogens is 1. The summed E-state index contributed by atoms with van der Waals surface area (Å²) in [6.07, 6.45) is 1.56. The Balaban J connectivity index is 2.30. The summed E-state index contributed by atoms with van der Waals surface area (Å²) in [5.74, 6) is -0.0766. The molecule has 88 valence electrons. The first-order valence-electron chi connectivity index (χ1n) is 4.92. The minimum absolute atomic E-state index is 0.185. The molecule has 0 bridgehead atoms. The Hall–Kier alpha value is -1.82. The standard InChI is InChI=1S/C11H10FN3OS/c1-6-9(12)3-8(4-13-6)11-15-10(5-17-11)14-7(2)16/h3-5H,1-2H3,(H,14,16). The Bertz CT molecular complexity index is 568. The van der Waals surface area contributed by atoms with Crippen molar-refractivity contribution in [1.82, 2.24) is 9.97 Å². The van der Waals surface area contributed by atoms with Crippen LogP contribution in [-0.2, 0) is 4.79 Å². The van der Waals surface area contributed by atoms with E-state index >= 15 is 0 Å². The molecule has 2 rings (SSSR count). The molecule has 0 atom stereocenters. The number of carbonyl (C=O) groups is 1. The second kappa shape index (κ2) is 4.58. The third kappa shape index (κ3) is 2.65. The molecule has 0 aromatic carbocycles. The van der Waals surface area contributed by atoms with Crippen molar-refractivity contribution in [2.24, 2.45) is 0 Å². The number of amides is 1. The SMILES string of the molecule is CC(=O)Nc1csc(-c2cnc(C)c(F)c2)n1. The van der Waals surface area contributed by atoms with E-state index in [4.69, 9.17) is 0 Å². The fourth-order valence-corrected chi connectivity index (χ4v) is 2.00. The molecular formula is C11H10FN3OS. The van der Waals surface area contributed by atoms with Crippen LogP contribution in [0.25, 0.3) is 10.6 Å². The van der Waals surface area contributed by atoms with E-state index in [0.29, 0.717) is 22.1 Å². The van der Waals surface area contributed by atoms with Crippen LogP contribution in [0.5, 0.6) is 0 Å². The van der Waals surface area contributed by atoms with Crippen LogP contribution in [0.15, 0.2) is 17.6 Å². The second-order valence-corrected chi connectivity index (χ2v) is 4.37. The van der Waals surface area contributed by atoms with Crippen LogP contribution in [0.1, 0.15) is 12.6 Å². The van der Waals surface area contributed by atoms with Crippen LogP contribution in [-0.4, -0.2) is 15.9 Å². The van der Waals surface area contributed by atoms with Crippen molar-refractivity contribution < 1.29 is 9.18 Å². The van der Waals surface area contributed by atoms with Gasteiger partial charge in [-0.3, -0.25) is 9.78 Å². The van der Waals surface area contributed by atoms with Gasteiger partial charge in [0.1, 0.15) is 16.6 Å². The zero-order valence-electron chi connectivity index (χ0n) is 9.32. The van der Waals surface area contributed by atoms with Crippen molar-refractivity contribution in [2.75, 3.05) is 5.32 Å². The van der Waals surface area contributed by atoms with E-state index in [2.05, 4.69) is 15.3 Å². The first-order chi connectivity index (χ1) is 8.06. The summed E-state index contributed by atoms with van der Waals surface area (Å²) in [5.41, 5.74) is 0.960. The van der Waals surface area contributed by atoms with E-state index in [-0.39, 0.29) is 11.7 Å². The van der Waals surface area contributed by atoms with Gasteiger partial charge in [0.15, 0.2) is 0 Å². The van der Waals surface area contributed by atoms with E-state index in [1.54, 1.807) is 18.5 Å². The maximum absolute atomic E-state index is 13.3. The molecule has 0 spiro atoms. The minimum Gasteiger partial charge on any atom is -0.310 e. The fraction of sp³-hybridized carbons (Fsp3) is 0.182. The molecule has 0 saturated carbocycles. The number of anilines is 1. The van der Waals surface area contributed by atoms with Crippen LogP contribution in [0.2, 0.25) is 0 Å². The normalized spacial score (nSPS) is 10.3. The van der Waals surface area contributed by atoms with E-state index in [1.165, 1.54) is 24.3 Å². The molecule has 0 aliphatic heterocycles. The number of aromatic nitrogens is 2. The Morgan fingerprint density at radius 3 is 2.94 bits per heavy atom. The number of thiazole rings is 1. The van der Waals surface area contributed by atoms with Gasteiger partial charge in [-0.2, -0.15) is 0 Å². The van der Waals surface area contributed by atoms with E-state index in [1.807, 2.05) is 0 Å². The first kappa shape index (κ1) is 11.7. The van der Waals surface area contributed by atoms with Crippen molar-refractivity contribution in [3.8, 4) is 10.6 Å². The average molecular weight is 251 g/mol. The van der Waals surface area contributed by atoms with Gasteiger partial charge in [0.25, 0.3) is 0 Å². The number of aryl methyl sites for hydroxylation is 1. The number of nitrogens with one attached hydrogen (secondary N) is 1. The Labute approximate surface area is 102 Å². The second-order valence-electron chi connectivity index (χ2n) is 3.51. The van der Waals surface area contributed by atoms with Crippen LogP contribution >= 0.6 is 11.3 Å². The molecule has 1 amide bonds. The molecule has 2 aromatic rings. The zero-order chi connectivity index (χ0) is 12.4. The highest BCUT2D eigenvalue weighted by Gasteiger charge is 2.08. The number of hydrogen-bond donors (Lipinski definition) is 1. The van der Waals surface area contributed by atoms with Crippen molar-refractivity contribution in [1.29, 1.82) is 0 Å².